The van der Waals surface area contributed by atoms with E-state index < -0.39 is 0 Å². The highest BCUT2D eigenvalue weighted by atomic mass is 32.2. The van der Waals surface area contributed by atoms with E-state index in [1.54, 1.807) is 24.5 Å². The molecule has 0 spiro atoms. The minimum atomic E-state index is -0.229. The Morgan fingerprint density at radius 1 is 1.24 bits per heavy atom. The summed E-state index contributed by atoms with van der Waals surface area (Å²) in [5.41, 5.74) is 1.94. The predicted octanol–water partition coefficient (Wildman–Crippen LogP) is 3.82. The highest BCUT2D eigenvalue weighted by molar-refractivity contribution is 7.99. The summed E-state index contributed by atoms with van der Waals surface area (Å²) in [7, 11) is 0. The summed E-state index contributed by atoms with van der Waals surface area (Å²) in [6.07, 6.45) is 3.47. The van der Waals surface area contributed by atoms with Crippen LogP contribution in [0.4, 0.5) is 4.39 Å². The Labute approximate surface area is 129 Å². The zero-order chi connectivity index (χ0) is 15.2. The largest absolute Gasteiger partial charge is 0.312 e. The number of aromatic nitrogens is 2. The molecule has 21 heavy (non-hydrogen) atoms. The summed E-state index contributed by atoms with van der Waals surface area (Å²) >= 11 is 1.24. The Kier molecular flexibility index (Phi) is 5.70. The molecule has 1 aromatic heterocycles. The molecular formula is C16H20FN3S. The van der Waals surface area contributed by atoms with Crippen LogP contribution in [-0.2, 0) is 6.54 Å². The molecule has 0 atom stereocenters. The smallest absolute Gasteiger partial charge is 0.192 e. The van der Waals surface area contributed by atoms with E-state index >= 15 is 0 Å². The molecule has 112 valence electrons. The van der Waals surface area contributed by atoms with E-state index in [0.717, 1.165) is 17.7 Å². The van der Waals surface area contributed by atoms with Gasteiger partial charge in [-0.05, 0) is 54.4 Å². The molecule has 5 heteroatoms. The molecule has 3 nitrogen and oxygen atoms in total. The van der Waals surface area contributed by atoms with Gasteiger partial charge in [0.05, 0.1) is 4.90 Å². The second-order valence-electron chi connectivity index (χ2n) is 5.43. The number of aryl methyl sites for hydroxylation is 1. The van der Waals surface area contributed by atoms with Gasteiger partial charge in [-0.3, -0.25) is 0 Å². The van der Waals surface area contributed by atoms with Crippen molar-refractivity contribution < 1.29 is 4.39 Å². The van der Waals surface area contributed by atoms with E-state index in [1.807, 2.05) is 13.0 Å². The van der Waals surface area contributed by atoms with Crippen molar-refractivity contribution in [1.29, 1.82) is 0 Å². The fourth-order valence-corrected chi connectivity index (χ4v) is 2.47. The number of hydrogen-bond acceptors (Lipinski definition) is 4. The van der Waals surface area contributed by atoms with Crippen molar-refractivity contribution in [2.45, 2.75) is 37.4 Å². The number of hydrogen-bond donors (Lipinski definition) is 1. The van der Waals surface area contributed by atoms with Crippen LogP contribution >= 0.6 is 11.8 Å². The third kappa shape index (κ3) is 5.10. The zero-order valence-electron chi connectivity index (χ0n) is 12.6. The normalized spacial score (nSPS) is 11.1. The van der Waals surface area contributed by atoms with Gasteiger partial charge in [0.25, 0.3) is 0 Å². The summed E-state index contributed by atoms with van der Waals surface area (Å²) < 4.78 is 14.1. The van der Waals surface area contributed by atoms with Crippen molar-refractivity contribution in [2.75, 3.05) is 6.54 Å². The van der Waals surface area contributed by atoms with Crippen molar-refractivity contribution >= 4 is 11.8 Å². The van der Waals surface area contributed by atoms with Crippen LogP contribution < -0.4 is 5.32 Å². The van der Waals surface area contributed by atoms with Gasteiger partial charge in [-0.1, -0.05) is 19.9 Å². The van der Waals surface area contributed by atoms with Crippen LogP contribution in [0.25, 0.3) is 0 Å². The van der Waals surface area contributed by atoms with Crippen LogP contribution in [0.3, 0.4) is 0 Å². The Balaban J connectivity index is 2.00. The second kappa shape index (κ2) is 7.52. The second-order valence-corrected chi connectivity index (χ2v) is 6.44. The van der Waals surface area contributed by atoms with E-state index in [-0.39, 0.29) is 5.82 Å². The van der Waals surface area contributed by atoms with Gasteiger partial charge in [0.1, 0.15) is 5.82 Å². The summed E-state index contributed by atoms with van der Waals surface area (Å²) in [4.78, 5) is 8.91. The molecule has 1 aromatic carbocycles. The van der Waals surface area contributed by atoms with Gasteiger partial charge in [-0.15, -0.1) is 0 Å². The minimum absolute atomic E-state index is 0.229. The molecule has 2 aromatic rings. The number of benzene rings is 1. The van der Waals surface area contributed by atoms with E-state index in [9.17, 15) is 4.39 Å². The summed E-state index contributed by atoms with van der Waals surface area (Å²) in [6, 6.07) is 5.30. The van der Waals surface area contributed by atoms with Crippen LogP contribution in [0.2, 0.25) is 0 Å². The minimum Gasteiger partial charge on any atom is -0.312 e. The van der Waals surface area contributed by atoms with Crippen molar-refractivity contribution in [3.8, 4) is 0 Å². The number of halogens is 1. The Hall–Kier alpha value is -1.46. The average molecular weight is 305 g/mol. The first-order valence-corrected chi connectivity index (χ1v) is 7.82. The van der Waals surface area contributed by atoms with Gasteiger partial charge >= 0.3 is 0 Å². The monoisotopic (exact) mass is 305 g/mol. The summed E-state index contributed by atoms with van der Waals surface area (Å²) in [6.45, 7) is 7.83. The van der Waals surface area contributed by atoms with Crippen molar-refractivity contribution in [3.05, 3.63) is 47.5 Å². The molecule has 0 unspecified atom stereocenters. The van der Waals surface area contributed by atoms with Crippen LogP contribution in [0.1, 0.15) is 25.0 Å². The van der Waals surface area contributed by atoms with Crippen molar-refractivity contribution in [1.82, 2.24) is 15.3 Å². The first-order valence-electron chi connectivity index (χ1n) is 7.00. The van der Waals surface area contributed by atoms with E-state index in [4.69, 9.17) is 0 Å². The molecule has 0 radical (unpaired) electrons. The van der Waals surface area contributed by atoms with Crippen LogP contribution in [-0.4, -0.2) is 16.5 Å². The Morgan fingerprint density at radius 3 is 2.57 bits per heavy atom. The molecule has 2 rings (SSSR count). The van der Waals surface area contributed by atoms with E-state index in [0.29, 0.717) is 22.5 Å². The predicted molar refractivity (Wildman–Crippen MR) is 83.8 cm³/mol. The molecule has 0 fully saturated rings. The van der Waals surface area contributed by atoms with Crippen LogP contribution in [0.5, 0.6) is 0 Å². The number of nitrogens with zero attached hydrogens (tertiary/aromatic N) is 2. The summed E-state index contributed by atoms with van der Waals surface area (Å²) in [5.74, 6) is 0.358. The molecule has 0 amide bonds. The van der Waals surface area contributed by atoms with E-state index in [2.05, 4.69) is 29.1 Å². The third-order valence-corrected chi connectivity index (χ3v) is 3.78. The molecule has 0 saturated carbocycles. The van der Waals surface area contributed by atoms with E-state index in [1.165, 1.54) is 11.8 Å². The first kappa shape index (κ1) is 15.9. The third-order valence-electron chi connectivity index (χ3n) is 2.84. The van der Waals surface area contributed by atoms with Gasteiger partial charge in [0.15, 0.2) is 5.16 Å². The first-order chi connectivity index (χ1) is 10.0. The molecule has 0 aliphatic carbocycles. The van der Waals surface area contributed by atoms with Gasteiger partial charge in [-0.25, -0.2) is 14.4 Å². The fourth-order valence-electron chi connectivity index (χ4n) is 1.77. The fraction of sp³-hybridized carbons (Fsp3) is 0.375. The van der Waals surface area contributed by atoms with Gasteiger partial charge < -0.3 is 5.32 Å². The number of nitrogens with one attached hydrogen (secondary N) is 1. The standard InChI is InChI=1S/C16H20FN3S/c1-11(2)7-18-10-13-4-5-15(14(17)6-13)21-16-19-8-12(3)9-20-16/h4-6,8-9,11,18H,7,10H2,1-3H3. The van der Waals surface area contributed by atoms with Crippen LogP contribution in [0.15, 0.2) is 40.6 Å². The molecule has 0 saturated heterocycles. The topological polar surface area (TPSA) is 37.8 Å². The van der Waals surface area contributed by atoms with Gasteiger partial charge in [-0.2, -0.15) is 0 Å². The lowest BCUT2D eigenvalue weighted by molar-refractivity contribution is 0.548. The van der Waals surface area contributed by atoms with Crippen LogP contribution in [0, 0.1) is 18.7 Å². The lowest BCUT2D eigenvalue weighted by Gasteiger charge is -2.09. The maximum Gasteiger partial charge on any atom is 0.192 e. The molecule has 1 heterocycles. The lowest BCUT2D eigenvalue weighted by Crippen LogP contribution is -2.18. The molecule has 0 bridgehead atoms. The SMILES string of the molecule is Cc1cnc(Sc2ccc(CNCC(C)C)cc2F)nc1. The quantitative estimate of drug-likeness (QED) is 0.823. The summed E-state index contributed by atoms with van der Waals surface area (Å²) in [5, 5.41) is 3.87. The maximum absolute atomic E-state index is 14.1. The highest BCUT2D eigenvalue weighted by Gasteiger charge is 2.07. The zero-order valence-corrected chi connectivity index (χ0v) is 13.4. The Bertz CT molecular complexity index is 585. The van der Waals surface area contributed by atoms with Crippen molar-refractivity contribution in [2.24, 2.45) is 5.92 Å². The average Bonchev–Trinajstić information content (AvgIpc) is 2.44. The van der Waals surface area contributed by atoms with Gasteiger partial charge in [0, 0.05) is 18.9 Å². The maximum atomic E-state index is 14.1. The highest BCUT2D eigenvalue weighted by Crippen LogP contribution is 2.27. The molecular weight excluding hydrogens is 285 g/mol. The Morgan fingerprint density at radius 2 is 1.95 bits per heavy atom. The molecule has 0 aliphatic rings. The number of rotatable bonds is 6. The molecule has 1 N–H and O–H groups in total. The van der Waals surface area contributed by atoms with Gasteiger partial charge in [0.2, 0.25) is 0 Å². The van der Waals surface area contributed by atoms with Crippen molar-refractivity contribution in [3.63, 3.8) is 0 Å². The lowest BCUT2D eigenvalue weighted by atomic mass is 10.2. The molecule has 0 aliphatic heterocycles.